The van der Waals surface area contributed by atoms with Crippen molar-refractivity contribution >= 4 is 17.3 Å². The summed E-state index contributed by atoms with van der Waals surface area (Å²) in [7, 11) is 2.18. The van der Waals surface area contributed by atoms with Gasteiger partial charge in [-0.1, -0.05) is 11.6 Å². The Hall–Kier alpha value is -0.770. The number of nitrogens with two attached hydrogens (primary N) is 1. The first-order valence-electron chi connectivity index (χ1n) is 6.03. The molecule has 1 fully saturated rings. The second kappa shape index (κ2) is 5.25. The predicted octanol–water partition coefficient (Wildman–Crippen LogP) is 2.06. The Balaban J connectivity index is 2.03. The molecule has 0 bridgehead atoms. The minimum absolute atomic E-state index is 0.601. The molecule has 1 aliphatic heterocycles. The molecule has 17 heavy (non-hydrogen) atoms. The molecule has 0 aliphatic carbocycles. The molecule has 94 valence electrons. The van der Waals surface area contributed by atoms with E-state index in [1.807, 2.05) is 18.2 Å². The number of likely N-dealkylation sites (N-methyl/N-ethyl adjacent to an activating group) is 1. The van der Waals surface area contributed by atoms with Crippen LogP contribution in [-0.4, -0.2) is 42.5 Å². The molecule has 1 aromatic rings. The van der Waals surface area contributed by atoms with E-state index in [2.05, 4.69) is 23.8 Å². The van der Waals surface area contributed by atoms with Gasteiger partial charge in [0.25, 0.3) is 0 Å². The Kier molecular flexibility index (Phi) is 3.92. The topological polar surface area (TPSA) is 32.5 Å². The maximum atomic E-state index is 6.19. The van der Waals surface area contributed by atoms with Gasteiger partial charge in [0, 0.05) is 42.9 Å². The van der Waals surface area contributed by atoms with Gasteiger partial charge in [-0.2, -0.15) is 0 Å². The SMILES string of the molecule is CC1CN(Cc2cc(N)ccc2Cl)CCN1C. The molecular formula is C13H20ClN3. The highest BCUT2D eigenvalue weighted by molar-refractivity contribution is 6.31. The molecule has 1 heterocycles. The lowest BCUT2D eigenvalue weighted by atomic mass is 10.1. The van der Waals surface area contributed by atoms with Gasteiger partial charge in [0.05, 0.1) is 0 Å². The summed E-state index contributed by atoms with van der Waals surface area (Å²) in [5, 5.41) is 0.811. The van der Waals surface area contributed by atoms with Crippen molar-refractivity contribution in [3.8, 4) is 0 Å². The van der Waals surface area contributed by atoms with Crippen LogP contribution in [0.5, 0.6) is 0 Å². The Morgan fingerprint density at radius 1 is 1.41 bits per heavy atom. The van der Waals surface area contributed by atoms with Crippen LogP contribution >= 0.6 is 11.6 Å². The number of halogens is 1. The number of benzene rings is 1. The van der Waals surface area contributed by atoms with Crippen LogP contribution in [-0.2, 0) is 6.54 Å². The average molecular weight is 254 g/mol. The molecule has 4 heteroatoms. The van der Waals surface area contributed by atoms with Gasteiger partial charge in [0.1, 0.15) is 0 Å². The van der Waals surface area contributed by atoms with Crippen molar-refractivity contribution < 1.29 is 0 Å². The van der Waals surface area contributed by atoms with Crippen LogP contribution in [0.2, 0.25) is 5.02 Å². The van der Waals surface area contributed by atoms with Gasteiger partial charge in [-0.25, -0.2) is 0 Å². The lowest BCUT2D eigenvalue weighted by Crippen LogP contribution is -2.49. The van der Waals surface area contributed by atoms with Crippen molar-refractivity contribution in [1.82, 2.24) is 9.80 Å². The van der Waals surface area contributed by atoms with E-state index in [1.165, 1.54) is 0 Å². The van der Waals surface area contributed by atoms with Crippen molar-refractivity contribution in [3.05, 3.63) is 28.8 Å². The standard InChI is InChI=1S/C13H20ClN3/c1-10-8-17(6-5-16(10)2)9-11-7-12(15)3-4-13(11)14/h3-4,7,10H,5-6,8-9,15H2,1-2H3. The van der Waals surface area contributed by atoms with Crippen LogP contribution < -0.4 is 5.73 Å². The first-order valence-corrected chi connectivity index (χ1v) is 6.40. The maximum Gasteiger partial charge on any atom is 0.0452 e. The van der Waals surface area contributed by atoms with E-state index in [0.717, 1.165) is 42.5 Å². The zero-order chi connectivity index (χ0) is 12.4. The van der Waals surface area contributed by atoms with Crippen molar-refractivity contribution in [1.29, 1.82) is 0 Å². The molecule has 1 atom stereocenters. The van der Waals surface area contributed by atoms with E-state index in [4.69, 9.17) is 17.3 Å². The highest BCUT2D eigenvalue weighted by atomic mass is 35.5. The van der Waals surface area contributed by atoms with E-state index in [9.17, 15) is 0 Å². The summed E-state index contributed by atoms with van der Waals surface area (Å²) in [6.07, 6.45) is 0. The van der Waals surface area contributed by atoms with Crippen LogP contribution in [0.3, 0.4) is 0 Å². The number of anilines is 1. The lowest BCUT2D eigenvalue weighted by Gasteiger charge is -2.37. The van der Waals surface area contributed by atoms with E-state index in [-0.39, 0.29) is 0 Å². The summed E-state index contributed by atoms with van der Waals surface area (Å²) in [6, 6.07) is 6.30. The van der Waals surface area contributed by atoms with E-state index < -0.39 is 0 Å². The maximum absolute atomic E-state index is 6.19. The van der Waals surface area contributed by atoms with Gasteiger partial charge >= 0.3 is 0 Å². The Morgan fingerprint density at radius 3 is 2.88 bits per heavy atom. The smallest absolute Gasteiger partial charge is 0.0452 e. The van der Waals surface area contributed by atoms with Crippen LogP contribution in [0.25, 0.3) is 0 Å². The summed E-state index contributed by atoms with van der Waals surface area (Å²) >= 11 is 6.19. The summed E-state index contributed by atoms with van der Waals surface area (Å²) in [5.41, 5.74) is 7.71. The molecular weight excluding hydrogens is 234 g/mol. The first-order chi connectivity index (χ1) is 8.06. The third-order valence-electron chi connectivity index (χ3n) is 3.51. The summed E-state index contributed by atoms with van der Waals surface area (Å²) in [4.78, 5) is 4.82. The molecule has 3 nitrogen and oxygen atoms in total. The fraction of sp³-hybridized carbons (Fsp3) is 0.538. The van der Waals surface area contributed by atoms with Crippen LogP contribution in [0.15, 0.2) is 18.2 Å². The fourth-order valence-electron chi connectivity index (χ4n) is 2.22. The molecule has 0 saturated carbocycles. The predicted molar refractivity (Wildman–Crippen MR) is 73.2 cm³/mol. The molecule has 0 amide bonds. The third-order valence-corrected chi connectivity index (χ3v) is 3.88. The second-order valence-electron chi connectivity index (χ2n) is 4.92. The minimum atomic E-state index is 0.601. The monoisotopic (exact) mass is 253 g/mol. The van der Waals surface area contributed by atoms with Crippen molar-refractivity contribution in [2.75, 3.05) is 32.4 Å². The van der Waals surface area contributed by atoms with Crippen molar-refractivity contribution in [3.63, 3.8) is 0 Å². The molecule has 0 aromatic heterocycles. The van der Waals surface area contributed by atoms with Gasteiger partial charge in [-0.05, 0) is 37.7 Å². The third kappa shape index (κ3) is 3.12. The van der Waals surface area contributed by atoms with Crippen molar-refractivity contribution in [2.24, 2.45) is 0 Å². The second-order valence-corrected chi connectivity index (χ2v) is 5.32. The van der Waals surface area contributed by atoms with Gasteiger partial charge in [0.15, 0.2) is 0 Å². The number of piperazine rings is 1. The average Bonchev–Trinajstić information content (AvgIpc) is 2.29. The summed E-state index contributed by atoms with van der Waals surface area (Å²) in [5.74, 6) is 0. The van der Waals surface area contributed by atoms with Gasteiger partial charge in [-0.3, -0.25) is 4.90 Å². The number of hydrogen-bond acceptors (Lipinski definition) is 3. The summed E-state index contributed by atoms with van der Waals surface area (Å²) < 4.78 is 0. The fourth-order valence-corrected chi connectivity index (χ4v) is 2.40. The number of hydrogen-bond donors (Lipinski definition) is 1. The Bertz CT molecular complexity index is 394. The van der Waals surface area contributed by atoms with E-state index in [1.54, 1.807) is 0 Å². The molecule has 1 aromatic carbocycles. The number of nitrogens with zero attached hydrogens (tertiary/aromatic N) is 2. The Labute approximate surface area is 108 Å². The number of rotatable bonds is 2. The Morgan fingerprint density at radius 2 is 2.18 bits per heavy atom. The normalized spacial score (nSPS) is 22.9. The highest BCUT2D eigenvalue weighted by Gasteiger charge is 2.20. The first kappa shape index (κ1) is 12.7. The number of nitrogen functional groups attached to an aromatic ring is 1. The van der Waals surface area contributed by atoms with E-state index >= 15 is 0 Å². The zero-order valence-corrected chi connectivity index (χ0v) is 11.2. The molecule has 0 spiro atoms. The molecule has 1 unspecified atom stereocenters. The van der Waals surface area contributed by atoms with Crippen LogP contribution in [0.1, 0.15) is 12.5 Å². The van der Waals surface area contributed by atoms with Gasteiger partial charge in [-0.15, -0.1) is 0 Å². The molecule has 1 aliphatic rings. The minimum Gasteiger partial charge on any atom is -0.399 e. The van der Waals surface area contributed by atoms with Gasteiger partial charge in [0.2, 0.25) is 0 Å². The summed E-state index contributed by atoms with van der Waals surface area (Å²) in [6.45, 7) is 6.43. The van der Waals surface area contributed by atoms with Crippen LogP contribution in [0, 0.1) is 0 Å². The largest absolute Gasteiger partial charge is 0.399 e. The van der Waals surface area contributed by atoms with Gasteiger partial charge < -0.3 is 10.6 Å². The molecule has 0 radical (unpaired) electrons. The van der Waals surface area contributed by atoms with Crippen LogP contribution in [0.4, 0.5) is 5.69 Å². The van der Waals surface area contributed by atoms with Crippen molar-refractivity contribution in [2.45, 2.75) is 19.5 Å². The molecule has 2 N–H and O–H groups in total. The molecule has 1 saturated heterocycles. The lowest BCUT2D eigenvalue weighted by molar-refractivity contribution is 0.100. The highest BCUT2D eigenvalue weighted by Crippen LogP contribution is 2.21. The zero-order valence-electron chi connectivity index (χ0n) is 10.5. The molecule has 2 rings (SSSR count). The van der Waals surface area contributed by atoms with E-state index in [0.29, 0.717) is 6.04 Å². The quantitative estimate of drug-likeness (QED) is 0.819.